The molecule has 106 valence electrons. The van der Waals surface area contributed by atoms with E-state index in [9.17, 15) is 9.50 Å². The first kappa shape index (κ1) is 14.9. The molecule has 0 spiro atoms. The van der Waals surface area contributed by atoms with Gasteiger partial charge in [0.25, 0.3) is 0 Å². The van der Waals surface area contributed by atoms with E-state index in [4.69, 9.17) is 4.74 Å². The molecule has 1 aromatic rings. The van der Waals surface area contributed by atoms with Crippen LogP contribution in [0.5, 0.6) is 0 Å². The summed E-state index contributed by atoms with van der Waals surface area (Å²) in [5.41, 5.74) is -1.29. The lowest BCUT2D eigenvalue weighted by molar-refractivity contribution is -0.125. The summed E-state index contributed by atoms with van der Waals surface area (Å²) in [5.74, 6) is -0.308. The lowest BCUT2D eigenvalue weighted by atomic mass is 9.78. The van der Waals surface area contributed by atoms with Gasteiger partial charge in [0.15, 0.2) is 0 Å². The number of hydrogen-bond acceptors (Lipinski definition) is 2. The number of hydrogen-bond donors (Lipinski definition) is 1. The van der Waals surface area contributed by atoms with Gasteiger partial charge in [0, 0.05) is 12.8 Å². The summed E-state index contributed by atoms with van der Waals surface area (Å²) >= 11 is 3.25. The Hall–Kier alpha value is -0.450. The second kappa shape index (κ2) is 4.54. The number of halogens is 2. The molecular weight excluding hydrogens is 311 g/mol. The van der Waals surface area contributed by atoms with Gasteiger partial charge in [-0.05, 0) is 55.3 Å². The smallest absolute Gasteiger partial charge is 0.137 e. The van der Waals surface area contributed by atoms with E-state index < -0.39 is 11.2 Å². The number of benzene rings is 1. The van der Waals surface area contributed by atoms with E-state index in [1.54, 1.807) is 6.07 Å². The molecule has 1 atom stereocenters. The van der Waals surface area contributed by atoms with Crippen molar-refractivity contribution in [1.29, 1.82) is 0 Å². The van der Waals surface area contributed by atoms with Crippen LogP contribution in [0.25, 0.3) is 0 Å². The Morgan fingerprint density at radius 1 is 1.32 bits per heavy atom. The quantitative estimate of drug-likeness (QED) is 0.892. The molecule has 0 amide bonds. The summed E-state index contributed by atoms with van der Waals surface area (Å²) in [5, 5.41) is 11.0. The third kappa shape index (κ3) is 2.71. The number of rotatable bonds is 2. The summed E-state index contributed by atoms with van der Waals surface area (Å²) in [7, 11) is 0. The van der Waals surface area contributed by atoms with Crippen LogP contribution in [-0.2, 0) is 11.2 Å². The molecule has 2 rings (SSSR count). The fraction of sp³-hybridized carbons (Fsp3) is 0.600. The van der Waals surface area contributed by atoms with Crippen LogP contribution < -0.4 is 0 Å². The molecule has 1 aliphatic heterocycles. The van der Waals surface area contributed by atoms with Crippen LogP contribution in [0.3, 0.4) is 0 Å². The van der Waals surface area contributed by atoms with E-state index in [2.05, 4.69) is 15.9 Å². The van der Waals surface area contributed by atoms with Crippen LogP contribution in [0.15, 0.2) is 22.7 Å². The molecule has 1 aromatic carbocycles. The maximum atomic E-state index is 13.6. The summed E-state index contributed by atoms with van der Waals surface area (Å²) in [6, 6.07) is 4.89. The molecule has 1 aliphatic rings. The molecule has 0 saturated carbocycles. The Morgan fingerprint density at radius 2 is 1.95 bits per heavy atom. The van der Waals surface area contributed by atoms with Crippen molar-refractivity contribution in [3.8, 4) is 0 Å². The molecule has 1 unspecified atom stereocenters. The molecule has 0 bridgehead atoms. The van der Waals surface area contributed by atoms with Crippen LogP contribution in [0.2, 0.25) is 0 Å². The Labute approximate surface area is 122 Å². The predicted molar refractivity (Wildman–Crippen MR) is 76.6 cm³/mol. The molecule has 1 N–H and O–H groups in total. The van der Waals surface area contributed by atoms with Crippen LogP contribution in [0.4, 0.5) is 4.39 Å². The Kier molecular flexibility index (Phi) is 3.57. The molecule has 4 heteroatoms. The highest BCUT2D eigenvalue weighted by Crippen LogP contribution is 2.47. The van der Waals surface area contributed by atoms with E-state index in [0.717, 1.165) is 5.56 Å². The fourth-order valence-electron chi connectivity index (χ4n) is 3.01. The molecule has 0 aromatic heterocycles. The van der Waals surface area contributed by atoms with Crippen molar-refractivity contribution in [3.63, 3.8) is 0 Å². The van der Waals surface area contributed by atoms with Gasteiger partial charge in [-0.3, -0.25) is 0 Å². The van der Waals surface area contributed by atoms with Crippen molar-refractivity contribution in [2.45, 2.75) is 57.3 Å². The highest BCUT2D eigenvalue weighted by atomic mass is 79.9. The maximum Gasteiger partial charge on any atom is 0.137 e. The monoisotopic (exact) mass is 330 g/mol. The standard InChI is InChI=1S/C15H20BrFO2/c1-13(2)9-15(18,14(3,4)19-13)8-10-6-5-7-11(17)12(10)16/h5-7,18H,8-9H2,1-4H3. The first-order valence-corrected chi connectivity index (χ1v) is 7.21. The predicted octanol–water partition coefficient (Wildman–Crippen LogP) is 3.84. The van der Waals surface area contributed by atoms with Gasteiger partial charge >= 0.3 is 0 Å². The zero-order valence-corrected chi connectivity index (χ0v) is 13.3. The van der Waals surface area contributed by atoms with Crippen LogP contribution in [0, 0.1) is 5.82 Å². The Morgan fingerprint density at radius 3 is 2.47 bits per heavy atom. The van der Waals surface area contributed by atoms with Crippen molar-refractivity contribution in [3.05, 3.63) is 34.1 Å². The summed E-state index contributed by atoms with van der Waals surface area (Å²) in [6.45, 7) is 7.70. The molecule has 0 aliphatic carbocycles. The minimum absolute atomic E-state index is 0.308. The topological polar surface area (TPSA) is 29.5 Å². The first-order valence-electron chi connectivity index (χ1n) is 6.42. The second-order valence-corrected chi connectivity index (χ2v) is 7.26. The van der Waals surface area contributed by atoms with Crippen molar-refractivity contribution in [1.82, 2.24) is 0 Å². The molecular formula is C15H20BrFO2. The first-order chi connectivity index (χ1) is 8.56. The van der Waals surface area contributed by atoms with Gasteiger partial charge in [-0.25, -0.2) is 4.39 Å². The normalized spacial score (nSPS) is 28.6. The molecule has 19 heavy (non-hydrogen) atoms. The average Bonchev–Trinajstić information content (AvgIpc) is 2.38. The van der Waals surface area contributed by atoms with Gasteiger partial charge in [-0.2, -0.15) is 0 Å². The van der Waals surface area contributed by atoms with E-state index in [1.165, 1.54) is 6.07 Å². The molecule has 2 nitrogen and oxygen atoms in total. The highest BCUT2D eigenvalue weighted by Gasteiger charge is 2.56. The third-order valence-electron chi connectivity index (χ3n) is 3.88. The Balaban J connectivity index is 2.34. The van der Waals surface area contributed by atoms with Gasteiger partial charge in [0.2, 0.25) is 0 Å². The lowest BCUT2D eigenvalue weighted by Crippen LogP contribution is -2.48. The molecule has 1 fully saturated rings. The molecule has 1 heterocycles. The average molecular weight is 331 g/mol. The van der Waals surface area contributed by atoms with Gasteiger partial charge in [0.05, 0.1) is 21.3 Å². The van der Waals surface area contributed by atoms with Gasteiger partial charge < -0.3 is 9.84 Å². The van der Waals surface area contributed by atoms with E-state index >= 15 is 0 Å². The highest BCUT2D eigenvalue weighted by molar-refractivity contribution is 9.10. The maximum absolute atomic E-state index is 13.6. The van der Waals surface area contributed by atoms with Crippen LogP contribution in [0.1, 0.15) is 39.7 Å². The zero-order chi connectivity index (χ0) is 14.5. The Bertz CT molecular complexity index is 499. The summed E-state index contributed by atoms with van der Waals surface area (Å²) in [4.78, 5) is 0. The molecule has 1 saturated heterocycles. The van der Waals surface area contributed by atoms with Crippen LogP contribution in [-0.4, -0.2) is 21.9 Å². The minimum Gasteiger partial charge on any atom is -0.386 e. The lowest BCUT2D eigenvalue weighted by Gasteiger charge is -2.35. The minimum atomic E-state index is -1.01. The van der Waals surface area contributed by atoms with E-state index in [-0.39, 0.29) is 11.4 Å². The van der Waals surface area contributed by atoms with Crippen LogP contribution >= 0.6 is 15.9 Å². The van der Waals surface area contributed by atoms with Crippen molar-refractivity contribution in [2.24, 2.45) is 0 Å². The van der Waals surface area contributed by atoms with Crippen molar-refractivity contribution in [2.75, 3.05) is 0 Å². The van der Waals surface area contributed by atoms with Crippen molar-refractivity contribution < 1.29 is 14.2 Å². The van der Waals surface area contributed by atoms with Gasteiger partial charge in [-0.1, -0.05) is 12.1 Å². The van der Waals surface area contributed by atoms with E-state index in [1.807, 2.05) is 33.8 Å². The number of ether oxygens (including phenoxy) is 1. The van der Waals surface area contributed by atoms with E-state index in [0.29, 0.717) is 17.3 Å². The van der Waals surface area contributed by atoms with Gasteiger partial charge in [0.1, 0.15) is 5.82 Å². The SMILES string of the molecule is CC1(C)CC(O)(Cc2cccc(F)c2Br)C(C)(C)O1. The zero-order valence-electron chi connectivity index (χ0n) is 11.8. The third-order valence-corrected chi connectivity index (χ3v) is 4.77. The summed E-state index contributed by atoms with van der Waals surface area (Å²) in [6.07, 6.45) is 0.887. The fourth-order valence-corrected chi connectivity index (χ4v) is 3.42. The van der Waals surface area contributed by atoms with Gasteiger partial charge in [-0.15, -0.1) is 0 Å². The number of aliphatic hydroxyl groups is 1. The second-order valence-electron chi connectivity index (χ2n) is 6.47. The summed E-state index contributed by atoms with van der Waals surface area (Å²) < 4.78 is 19.9. The molecule has 0 radical (unpaired) electrons. The largest absolute Gasteiger partial charge is 0.386 e. The van der Waals surface area contributed by atoms with Crippen molar-refractivity contribution >= 4 is 15.9 Å².